The number of halogens is 1. The molecule has 0 radical (unpaired) electrons. The summed E-state index contributed by atoms with van der Waals surface area (Å²) in [6.07, 6.45) is 2.47. The second kappa shape index (κ2) is 7.21. The highest BCUT2D eigenvalue weighted by molar-refractivity contribution is 6.17. The Morgan fingerprint density at radius 3 is 2.65 bits per heavy atom. The molecule has 0 fully saturated rings. The van der Waals surface area contributed by atoms with Gasteiger partial charge in [-0.05, 0) is 44.9 Å². The monoisotopic (exact) mass is 338 g/mol. The summed E-state index contributed by atoms with van der Waals surface area (Å²) in [5.74, 6) is 0.990. The molecular formula is C17H23ClN2O3. The average Bonchev–Trinajstić information content (AvgIpc) is 2.52. The minimum Gasteiger partial charge on any atom is -0.495 e. The summed E-state index contributed by atoms with van der Waals surface area (Å²) in [4.78, 5) is 18.3. The predicted octanol–water partition coefficient (Wildman–Crippen LogP) is 3.85. The lowest BCUT2D eigenvalue weighted by Gasteiger charge is -2.29. The highest BCUT2D eigenvalue weighted by atomic mass is 35.5. The van der Waals surface area contributed by atoms with Crippen LogP contribution in [0.4, 0.5) is 4.79 Å². The van der Waals surface area contributed by atoms with E-state index in [4.69, 9.17) is 21.1 Å². The molecule has 1 aliphatic heterocycles. The van der Waals surface area contributed by atoms with Gasteiger partial charge in [-0.3, -0.25) is 0 Å². The van der Waals surface area contributed by atoms with Gasteiger partial charge in [0.25, 0.3) is 0 Å². The van der Waals surface area contributed by atoms with Gasteiger partial charge in [0.15, 0.2) is 0 Å². The first-order valence-corrected chi connectivity index (χ1v) is 8.14. The number of carbonyl (C=O) groups is 1. The van der Waals surface area contributed by atoms with Crippen LogP contribution in [-0.4, -0.2) is 41.8 Å². The van der Waals surface area contributed by atoms with Crippen molar-refractivity contribution >= 4 is 23.3 Å². The van der Waals surface area contributed by atoms with Gasteiger partial charge >= 0.3 is 6.09 Å². The van der Waals surface area contributed by atoms with Crippen LogP contribution >= 0.6 is 11.6 Å². The third-order valence-corrected chi connectivity index (χ3v) is 3.72. The zero-order chi connectivity index (χ0) is 17.0. The van der Waals surface area contributed by atoms with Crippen LogP contribution in [0.3, 0.4) is 0 Å². The normalized spacial score (nSPS) is 15.2. The molecule has 0 unspecified atom stereocenters. The first-order valence-electron chi connectivity index (χ1n) is 7.61. The van der Waals surface area contributed by atoms with Gasteiger partial charge in [-0.25, -0.2) is 9.78 Å². The number of rotatable bonds is 3. The minimum absolute atomic E-state index is 0.281. The van der Waals surface area contributed by atoms with E-state index >= 15 is 0 Å². The van der Waals surface area contributed by atoms with Crippen LogP contribution in [-0.2, 0) is 10.6 Å². The third-order valence-electron chi connectivity index (χ3n) is 3.47. The summed E-state index contributed by atoms with van der Waals surface area (Å²) in [6.45, 7) is 6.74. The maximum atomic E-state index is 12.1. The van der Waals surface area contributed by atoms with Crippen molar-refractivity contribution in [3.63, 3.8) is 0 Å². The number of nitrogens with zero attached hydrogens (tertiary/aromatic N) is 2. The molecule has 0 atom stereocenters. The van der Waals surface area contributed by atoms with Gasteiger partial charge in [-0.1, -0.05) is 6.08 Å². The van der Waals surface area contributed by atoms with E-state index in [0.29, 0.717) is 24.7 Å². The van der Waals surface area contributed by atoms with E-state index in [-0.39, 0.29) is 6.09 Å². The van der Waals surface area contributed by atoms with Crippen LogP contribution in [0.2, 0.25) is 0 Å². The highest BCUT2D eigenvalue weighted by Gasteiger charge is 2.24. The SMILES string of the molecule is COc1ccc(C2=CCN(C(=O)OC(C)(C)C)CC2)nc1CCl. The number of aromatic nitrogens is 1. The van der Waals surface area contributed by atoms with Gasteiger partial charge in [-0.2, -0.15) is 0 Å². The van der Waals surface area contributed by atoms with Crippen molar-refractivity contribution in [2.45, 2.75) is 38.7 Å². The molecule has 1 aromatic heterocycles. The lowest BCUT2D eigenvalue weighted by molar-refractivity contribution is 0.0270. The number of hydrogen-bond acceptors (Lipinski definition) is 4. The number of alkyl halides is 1. The third kappa shape index (κ3) is 4.61. The molecule has 2 rings (SSSR count). The Bertz CT molecular complexity index is 608. The number of methoxy groups -OCH3 is 1. The molecule has 1 aliphatic rings. The molecule has 1 amide bonds. The first-order chi connectivity index (χ1) is 10.8. The average molecular weight is 339 g/mol. The molecule has 1 aromatic rings. The van der Waals surface area contributed by atoms with Crippen molar-refractivity contribution in [2.75, 3.05) is 20.2 Å². The Morgan fingerprint density at radius 1 is 1.39 bits per heavy atom. The standard InChI is InChI=1S/C17H23ClN2O3/c1-17(2,3)23-16(21)20-9-7-12(8-10-20)13-5-6-15(22-4)14(11-18)19-13/h5-7H,8-11H2,1-4H3. The summed E-state index contributed by atoms with van der Waals surface area (Å²) >= 11 is 5.92. The van der Waals surface area contributed by atoms with Crippen LogP contribution in [0.25, 0.3) is 5.57 Å². The Kier molecular flexibility index (Phi) is 5.52. The predicted molar refractivity (Wildman–Crippen MR) is 90.7 cm³/mol. The zero-order valence-corrected chi connectivity index (χ0v) is 14.8. The fraction of sp³-hybridized carbons (Fsp3) is 0.529. The van der Waals surface area contributed by atoms with E-state index < -0.39 is 5.60 Å². The lowest BCUT2D eigenvalue weighted by Crippen LogP contribution is -2.39. The van der Waals surface area contributed by atoms with Crippen molar-refractivity contribution < 1.29 is 14.3 Å². The van der Waals surface area contributed by atoms with Crippen molar-refractivity contribution in [3.05, 3.63) is 29.6 Å². The molecular weight excluding hydrogens is 316 g/mol. The maximum Gasteiger partial charge on any atom is 0.410 e. The van der Waals surface area contributed by atoms with Crippen LogP contribution in [0.5, 0.6) is 5.75 Å². The first kappa shape index (κ1) is 17.6. The molecule has 0 aromatic carbocycles. The summed E-state index contributed by atoms with van der Waals surface area (Å²) in [5, 5.41) is 0. The number of carbonyl (C=O) groups excluding carboxylic acids is 1. The second-order valence-corrected chi connectivity index (χ2v) is 6.65. The van der Waals surface area contributed by atoms with E-state index in [1.165, 1.54) is 0 Å². The maximum absolute atomic E-state index is 12.1. The van der Waals surface area contributed by atoms with E-state index in [1.807, 2.05) is 39.0 Å². The molecule has 0 saturated heterocycles. The number of pyridine rings is 1. The van der Waals surface area contributed by atoms with Crippen molar-refractivity contribution in [2.24, 2.45) is 0 Å². The van der Waals surface area contributed by atoms with Crippen LogP contribution in [0.15, 0.2) is 18.2 Å². The zero-order valence-electron chi connectivity index (χ0n) is 14.1. The van der Waals surface area contributed by atoms with Crippen molar-refractivity contribution in [3.8, 4) is 5.75 Å². The molecule has 0 N–H and O–H groups in total. The van der Waals surface area contributed by atoms with Crippen LogP contribution < -0.4 is 4.74 Å². The second-order valence-electron chi connectivity index (χ2n) is 6.38. The highest BCUT2D eigenvalue weighted by Crippen LogP contribution is 2.26. The van der Waals surface area contributed by atoms with Gasteiger partial charge in [-0.15, -0.1) is 11.6 Å². The summed E-state index contributed by atoms with van der Waals surface area (Å²) in [6, 6.07) is 3.80. The summed E-state index contributed by atoms with van der Waals surface area (Å²) in [5.41, 5.74) is 2.24. The summed E-state index contributed by atoms with van der Waals surface area (Å²) in [7, 11) is 1.60. The molecule has 6 heteroatoms. The Hall–Kier alpha value is -1.75. The molecule has 5 nitrogen and oxygen atoms in total. The van der Waals surface area contributed by atoms with Crippen LogP contribution in [0, 0.1) is 0 Å². The largest absolute Gasteiger partial charge is 0.495 e. The Labute approximate surface area is 142 Å². The fourth-order valence-corrected chi connectivity index (χ4v) is 2.53. The molecule has 2 heterocycles. The lowest BCUT2D eigenvalue weighted by atomic mass is 10.0. The minimum atomic E-state index is -0.478. The molecule has 0 aliphatic carbocycles. The van der Waals surface area contributed by atoms with Crippen molar-refractivity contribution in [1.29, 1.82) is 0 Å². The number of ether oxygens (including phenoxy) is 2. The fourth-order valence-electron chi connectivity index (χ4n) is 2.34. The Morgan fingerprint density at radius 2 is 2.13 bits per heavy atom. The quantitative estimate of drug-likeness (QED) is 0.785. The van der Waals surface area contributed by atoms with Gasteiger partial charge in [0, 0.05) is 13.1 Å². The topological polar surface area (TPSA) is 51.7 Å². The number of amides is 1. The molecule has 126 valence electrons. The van der Waals surface area contributed by atoms with Crippen LogP contribution in [0.1, 0.15) is 38.6 Å². The molecule has 0 saturated carbocycles. The molecule has 0 bridgehead atoms. The van der Waals surface area contributed by atoms with E-state index in [9.17, 15) is 4.79 Å². The Balaban J connectivity index is 2.08. The molecule has 23 heavy (non-hydrogen) atoms. The van der Waals surface area contributed by atoms with Gasteiger partial charge in [0.2, 0.25) is 0 Å². The van der Waals surface area contributed by atoms with Crippen molar-refractivity contribution in [1.82, 2.24) is 9.88 Å². The smallest absolute Gasteiger partial charge is 0.410 e. The van der Waals surface area contributed by atoms with Gasteiger partial charge < -0.3 is 14.4 Å². The van der Waals surface area contributed by atoms with Gasteiger partial charge in [0.1, 0.15) is 11.4 Å². The van der Waals surface area contributed by atoms with E-state index in [0.717, 1.165) is 23.4 Å². The summed E-state index contributed by atoms with van der Waals surface area (Å²) < 4.78 is 10.6. The van der Waals surface area contributed by atoms with Gasteiger partial charge in [0.05, 0.1) is 24.4 Å². The number of hydrogen-bond donors (Lipinski definition) is 0. The van der Waals surface area contributed by atoms with E-state index in [2.05, 4.69) is 4.98 Å². The van der Waals surface area contributed by atoms with E-state index in [1.54, 1.807) is 12.0 Å². The molecule has 0 spiro atoms.